The topological polar surface area (TPSA) is 61.9 Å². The summed E-state index contributed by atoms with van der Waals surface area (Å²) in [5.74, 6) is 0.971. The maximum atomic E-state index is 12.1. The number of imidazole rings is 1. The van der Waals surface area contributed by atoms with Gasteiger partial charge in [0.1, 0.15) is 5.82 Å². The molecule has 0 spiro atoms. The summed E-state index contributed by atoms with van der Waals surface area (Å²) in [6.07, 6.45) is 6.90. The van der Waals surface area contributed by atoms with Crippen molar-refractivity contribution in [2.24, 2.45) is 0 Å². The van der Waals surface area contributed by atoms with Crippen molar-refractivity contribution in [1.29, 1.82) is 0 Å². The van der Waals surface area contributed by atoms with Crippen molar-refractivity contribution in [3.63, 3.8) is 0 Å². The molecule has 1 amide bonds. The van der Waals surface area contributed by atoms with Gasteiger partial charge in [-0.25, -0.2) is 9.97 Å². The van der Waals surface area contributed by atoms with E-state index in [9.17, 15) is 4.79 Å². The molecular weight excluding hydrogens is 320 g/mol. The predicted octanol–water partition coefficient (Wildman–Crippen LogP) is 3.43. The third-order valence-electron chi connectivity index (χ3n) is 3.75. The highest BCUT2D eigenvalue weighted by Crippen LogP contribution is 2.13. The molecule has 1 N–H and O–H groups in total. The number of aryl methyl sites for hydroxylation is 2. The first-order valence-corrected chi connectivity index (χ1v) is 8.73. The fourth-order valence-electron chi connectivity index (χ4n) is 2.45. The van der Waals surface area contributed by atoms with Crippen LogP contribution in [0.4, 0.5) is 0 Å². The highest BCUT2D eigenvalue weighted by molar-refractivity contribution is 7.12. The van der Waals surface area contributed by atoms with Gasteiger partial charge in [0.15, 0.2) is 0 Å². The van der Waals surface area contributed by atoms with Crippen LogP contribution in [0.3, 0.4) is 0 Å². The summed E-state index contributed by atoms with van der Waals surface area (Å²) in [6.45, 7) is 2.65. The van der Waals surface area contributed by atoms with E-state index in [0.29, 0.717) is 6.54 Å². The first kappa shape index (κ1) is 16.4. The number of H-pyrrole nitrogens is 1. The van der Waals surface area contributed by atoms with Crippen LogP contribution in [0, 0.1) is 6.92 Å². The first-order chi connectivity index (χ1) is 11.6. The molecule has 0 bridgehead atoms. The minimum atomic E-state index is 0.00524. The Morgan fingerprint density at radius 3 is 2.96 bits per heavy atom. The molecule has 0 radical (unpaired) electrons. The van der Waals surface area contributed by atoms with E-state index in [0.717, 1.165) is 39.6 Å². The minimum Gasteiger partial charge on any atom is -0.342 e. The minimum absolute atomic E-state index is 0.00524. The van der Waals surface area contributed by atoms with Gasteiger partial charge in [-0.1, -0.05) is 12.1 Å². The van der Waals surface area contributed by atoms with Crippen LogP contribution in [0.2, 0.25) is 0 Å². The average Bonchev–Trinajstić information content (AvgIpc) is 3.17. The number of aromatic amines is 1. The normalized spacial score (nSPS) is 11.4. The van der Waals surface area contributed by atoms with Crippen LogP contribution in [0.5, 0.6) is 0 Å². The lowest BCUT2D eigenvalue weighted by Gasteiger charge is -2.14. The Morgan fingerprint density at radius 2 is 2.21 bits per heavy atom. The molecule has 0 unspecified atom stereocenters. The van der Waals surface area contributed by atoms with Gasteiger partial charge in [-0.3, -0.25) is 4.79 Å². The number of hydrogen-bond donors (Lipinski definition) is 1. The number of nitrogens with zero attached hydrogens (tertiary/aromatic N) is 3. The van der Waals surface area contributed by atoms with Gasteiger partial charge in [0.05, 0.1) is 16.0 Å². The van der Waals surface area contributed by atoms with Crippen molar-refractivity contribution in [2.45, 2.75) is 19.8 Å². The van der Waals surface area contributed by atoms with E-state index in [2.05, 4.69) is 15.0 Å². The molecule has 2 heterocycles. The number of para-hydroxylation sites is 2. The van der Waals surface area contributed by atoms with Crippen LogP contribution in [0.25, 0.3) is 17.1 Å². The lowest BCUT2D eigenvalue weighted by molar-refractivity contribution is -0.124. The van der Waals surface area contributed by atoms with Gasteiger partial charge in [-0.15, -0.1) is 11.3 Å². The van der Waals surface area contributed by atoms with Crippen LogP contribution in [-0.2, 0) is 11.2 Å². The molecule has 5 nitrogen and oxygen atoms in total. The summed E-state index contributed by atoms with van der Waals surface area (Å²) >= 11 is 1.58. The molecule has 24 heavy (non-hydrogen) atoms. The molecule has 6 heteroatoms. The molecule has 0 aliphatic carbocycles. The Morgan fingerprint density at radius 1 is 1.38 bits per heavy atom. The second-order valence-electron chi connectivity index (χ2n) is 5.68. The van der Waals surface area contributed by atoms with Crippen molar-refractivity contribution in [2.75, 3.05) is 13.6 Å². The van der Waals surface area contributed by atoms with Gasteiger partial charge in [-0.05, 0) is 31.6 Å². The van der Waals surface area contributed by atoms with E-state index in [1.165, 1.54) is 0 Å². The Bertz CT molecular complexity index is 832. The van der Waals surface area contributed by atoms with Crippen molar-refractivity contribution in [3.05, 3.63) is 52.2 Å². The standard InChI is InChI=1S/C18H20N4OS/c1-13-19-12-14(24-13)9-10-18(23)22(2)11-5-8-17-20-15-6-3-4-7-16(15)21-17/h3-4,6-7,9-10,12H,5,8,11H2,1-2H3,(H,20,21)/b10-9+. The summed E-state index contributed by atoms with van der Waals surface area (Å²) in [6, 6.07) is 7.99. The van der Waals surface area contributed by atoms with Crippen LogP contribution >= 0.6 is 11.3 Å². The predicted molar refractivity (Wildman–Crippen MR) is 97.9 cm³/mol. The fraction of sp³-hybridized carbons (Fsp3) is 0.278. The molecule has 0 saturated heterocycles. The SMILES string of the molecule is Cc1ncc(/C=C/C(=O)N(C)CCCc2nc3ccccc3[nH]2)s1. The zero-order chi connectivity index (χ0) is 16.9. The molecule has 124 valence electrons. The number of carbonyl (C=O) groups excluding carboxylic acids is 1. The maximum absolute atomic E-state index is 12.1. The number of nitrogens with one attached hydrogen (secondary N) is 1. The van der Waals surface area contributed by atoms with Crippen LogP contribution in [0.1, 0.15) is 22.1 Å². The van der Waals surface area contributed by atoms with Crippen molar-refractivity contribution < 1.29 is 4.79 Å². The molecule has 1 aromatic carbocycles. The quantitative estimate of drug-likeness (QED) is 0.699. The third kappa shape index (κ3) is 4.08. The molecule has 0 atom stereocenters. The second-order valence-corrected chi connectivity index (χ2v) is 6.95. The second kappa shape index (κ2) is 7.40. The lowest BCUT2D eigenvalue weighted by atomic mass is 10.3. The largest absolute Gasteiger partial charge is 0.342 e. The van der Waals surface area contributed by atoms with Gasteiger partial charge in [0.25, 0.3) is 0 Å². The molecule has 3 rings (SSSR count). The Labute approximate surface area is 145 Å². The zero-order valence-corrected chi connectivity index (χ0v) is 14.6. The number of fused-ring (bicyclic) bond motifs is 1. The molecular formula is C18H20N4OS. The number of hydrogen-bond acceptors (Lipinski definition) is 4. The van der Waals surface area contributed by atoms with E-state index in [1.807, 2.05) is 44.3 Å². The third-order valence-corrected chi connectivity index (χ3v) is 4.63. The number of aromatic nitrogens is 3. The number of benzene rings is 1. The lowest BCUT2D eigenvalue weighted by Crippen LogP contribution is -2.26. The number of thiazole rings is 1. The van der Waals surface area contributed by atoms with Crippen LogP contribution in [0.15, 0.2) is 36.5 Å². The van der Waals surface area contributed by atoms with Crippen LogP contribution in [-0.4, -0.2) is 39.4 Å². The van der Waals surface area contributed by atoms with Gasteiger partial charge >= 0.3 is 0 Å². The maximum Gasteiger partial charge on any atom is 0.246 e. The smallest absolute Gasteiger partial charge is 0.246 e. The van der Waals surface area contributed by atoms with E-state index >= 15 is 0 Å². The number of amides is 1. The average molecular weight is 340 g/mol. The molecule has 0 aliphatic rings. The Hall–Kier alpha value is -2.47. The van der Waals surface area contributed by atoms with Crippen molar-refractivity contribution in [3.8, 4) is 0 Å². The van der Waals surface area contributed by atoms with Crippen molar-refractivity contribution in [1.82, 2.24) is 19.9 Å². The zero-order valence-electron chi connectivity index (χ0n) is 13.8. The number of rotatable bonds is 6. The highest BCUT2D eigenvalue weighted by Gasteiger charge is 2.07. The molecule has 3 aromatic rings. The highest BCUT2D eigenvalue weighted by atomic mass is 32.1. The number of likely N-dealkylation sites (N-methyl/N-ethyl adjacent to an activating group) is 1. The van der Waals surface area contributed by atoms with E-state index < -0.39 is 0 Å². The fourth-order valence-corrected chi connectivity index (χ4v) is 3.14. The van der Waals surface area contributed by atoms with Gasteiger partial charge in [-0.2, -0.15) is 0 Å². The Balaban J connectivity index is 1.48. The Kier molecular flexibility index (Phi) is 5.05. The summed E-state index contributed by atoms with van der Waals surface area (Å²) in [7, 11) is 1.82. The van der Waals surface area contributed by atoms with E-state index in [4.69, 9.17) is 0 Å². The van der Waals surface area contributed by atoms with Gasteiger partial charge < -0.3 is 9.88 Å². The summed E-state index contributed by atoms with van der Waals surface area (Å²) < 4.78 is 0. The first-order valence-electron chi connectivity index (χ1n) is 7.91. The van der Waals surface area contributed by atoms with Crippen molar-refractivity contribution >= 4 is 34.4 Å². The van der Waals surface area contributed by atoms with Gasteiger partial charge in [0, 0.05) is 37.2 Å². The molecule has 2 aromatic heterocycles. The van der Waals surface area contributed by atoms with E-state index in [-0.39, 0.29) is 5.91 Å². The van der Waals surface area contributed by atoms with E-state index in [1.54, 1.807) is 28.5 Å². The molecule has 0 aliphatic heterocycles. The summed E-state index contributed by atoms with van der Waals surface area (Å²) in [5, 5.41) is 1.00. The summed E-state index contributed by atoms with van der Waals surface area (Å²) in [5.41, 5.74) is 2.04. The van der Waals surface area contributed by atoms with Gasteiger partial charge in [0.2, 0.25) is 5.91 Å². The number of carbonyl (C=O) groups is 1. The molecule has 0 fully saturated rings. The molecule has 0 saturated carbocycles. The monoisotopic (exact) mass is 340 g/mol. The van der Waals surface area contributed by atoms with Crippen LogP contribution < -0.4 is 0 Å². The summed E-state index contributed by atoms with van der Waals surface area (Å²) in [4.78, 5) is 26.9.